The minimum absolute atomic E-state index is 0.0589. The van der Waals surface area contributed by atoms with E-state index < -0.39 is 46.8 Å². The highest BCUT2D eigenvalue weighted by Crippen LogP contribution is 2.64. The lowest BCUT2D eigenvalue weighted by atomic mass is 9.49. The first-order valence-electron chi connectivity index (χ1n) is 16.9. The van der Waals surface area contributed by atoms with E-state index in [2.05, 4.69) is 5.43 Å². The summed E-state index contributed by atoms with van der Waals surface area (Å²) in [5.41, 5.74) is 6.45. The minimum atomic E-state index is -1.38. The number of aryl methyl sites for hydroxylation is 1. The van der Waals surface area contributed by atoms with Crippen molar-refractivity contribution in [2.75, 3.05) is 10.3 Å². The van der Waals surface area contributed by atoms with Crippen molar-refractivity contribution in [3.05, 3.63) is 137 Å². The van der Waals surface area contributed by atoms with Gasteiger partial charge in [-0.1, -0.05) is 71.8 Å². The Labute approximate surface area is 289 Å². The van der Waals surface area contributed by atoms with Crippen LogP contribution < -0.4 is 10.3 Å². The van der Waals surface area contributed by atoms with Gasteiger partial charge in [0.25, 0.3) is 11.8 Å². The predicted molar refractivity (Wildman–Crippen MR) is 186 cm³/mol. The second kappa shape index (κ2) is 11.7. The summed E-state index contributed by atoms with van der Waals surface area (Å²) >= 11 is 0. The number of benzene rings is 4. The molecule has 0 spiro atoms. The number of carbonyl (C=O) groups excluding carboxylic acids is 5. The van der Waals surface area contributed by atoms with Crippen molar-refractivity contribution in [3.63, 3.8) is 0 Å². The van der Waals surface area contributed by atoms with Crippen LogP contribution in [0.2, 0.25) is 0 Å². The Morgan fingerprint density at radius 1 is 0.800 bits per heavy atom. The SMILES string of the molecule is CC(=O)c1ccc(N2C(=O)[C@H]3[C@H](CC=C4[C@H]3C[C@H]3C(=O)N(Nc5ccc(C)cc5)C(=O)[C@@]3(c3ccccc3)[C@H]4c3ccc(O)cc3)C2=O)cc1. The van der Waals surface area contributed by atoms with E-state index >= 15 is 4.79 Å². The summed E-state index contributed by atoms with van der Waals surface area (Å²) in [6.45, 7) is 3.41. The zero-order valence-electron chi connectivity index (χ0n) is 27.6. The van der Waals surface area contributed by atoms with Gasteiger partial charge in [0, 0.05) is 11.5 Å². The molecule has 250 valence electrons. The number of nitrogens with zero attached hydrogens (tertiary/aromatic N) is 2. The molecule has 9 heteroatoms. The normalized spacial score (nSPS) is 27.1. The molecule has 0 aromatic heterocycles. The monoisotopic (exact) mass is 665 g/mol. The van der Waals surface area contributed by atoms with E-state index in [0.29, 0.717) is 28.9 Å². The van der Waals surface area contributed by atoms with Crippen LogP contribution in [0.3, 0.4) is 0 Å². The van der Waals surface area contributed by atoms with Gasteiger partial charge in [-0.05, 0) is 92.3 Å². The zero-order chi connectivity index (χ0) is 34.9. The number of anilines is 2. The average molecular weight is 666 g/mol. The Morgan fingerprint density at radius 3 is 2.14 bits per heavy atom. The summed E-state index contributed by atoms with van der Waals surface area (Å²) in [7, 11) is 0. The van der Waals surface area contributed by atoms with Crippen LogP contribution in [0.15, 0.2) is 115 Å². The molecule has 6 atom stereocenters. The fourth-order valence-corrected chi connectivity index (χ4v) is 8.89. The molecule has 8 rings (SSSR count). The fraction of sp³-hybridized carbons (Fsp3) is 0.244. The van der Waals surface area contributed by atoms with Crippen molar-refractivity contribution in [2.45, 2.75) is 38.0 Å². The summed E-state index contributed by atoms with van der Waals surface area (Å²) < 4.78 is 0. The van der Waals surface area contributed by atoms with Crippen LogP contribution in [0.1, 0.15) is 52.7 Å². The number of aromatic hydroxyl groups is 1. The quantitative estimate of drug-likeness (QED) is 0.145. The maximum Gasteiger partial charge on any atom is 0.260 e. The number of hydrogen-bond donors (Lipinski definition) is 2. The first-order valence-corrected chi connectivity index (χ1v) is 16.9. The molecule has 4 aromatic rings. The van der Waals surface area contributed by atoms with Crippen LogP contribution in [-0.2, 0) is 24.6 Å². The zero-order valence-corrected chi connectivity index (χ0v) is 27.6. The summed E-state index contributed by atoms with van der Waals surface area (Å²) in [5.74, 6) is -4.98. The van der Waals surface area contributed by atoms with Crippen LogP contribution in [0.4, 0.5) is 11.4 Å². The molecule has 4 aliphatic rings. The fourth-order valence-electron chi connectivity index (χ4n) is 8.89. The number of rotatable bonds is 6. The van der Waals surface area contributed by atoms with Crippen LogP contribution in [0, 0.1) is 30.6 Å². The lowest BCUT2D eigenvalue weighted by molar-refractivity contribution is -0.138. The molecule has 3 fully saturated rings. The van der Waals surface area contributed by atoms with Gasteiger partial charge in [-0.3, -0.25) is 34.3 Å². The molecule has 4 aromatic carbocycles. The van der Waals surface area contributed by atoms with Crippen molar-refractivity contribution in [3.8, 4) is 5.75 Å². The van der Waals surface area contributed by atoms with Gasteiger partial charge in [-0.15, -0.1) is 0 Å². The number of hydrazine groups is 1. The molecule has 2 heterocycles. The molecule has 50 heavy (non-hydrogen) atoms. The molecule has 4 amide bonds. The third-order valence-electron chi connectivity index (χ3n) is 11.2. The van der Waals surface area contributed by atoms with Crippen molar-refractivity contribution >= 4 is 40.8 Å². The lowest BCUT2D eigenvalue weighted by Crippen LogP contribution is -2.53. The number of hydrogen-bond acceptors (Lipinski definition) is 7. The molecule has 0 unspecified atom stereocenters. The van der Waals surface area contributed by atoms with E-state index in [1.807, 2.05) is 67.6 Å². The summed E-state index contributed by atoms with van der Waals surface area (Å²) in [4.78, 5) is 71.4. The Balaban J connectivity index is 1.28. The number of phenolic OH excluding ortho intramolecular Hbond substituents is 1. The number of allylic oxidation sites excluding steroid dienone is 2. The van der Waals surface area contributed by atoms with Gasteiger partial charge >= 0.3 is 0 Å². The molecular weight excluding hydrogens is 630 g/mol. The van der Waals surface area contributed by atoms with E-state index in [1.165, 1.54) is 11.8 Å². The van der Waals surface area contributed by atoms with Crippen molar-refractivity contribution in [1.29, 1.82) is 0 Å². The number of ketones is 1. The molecule has 2 saturated heterocycles. The summed E-state index contributed by atoms with van der Waals surface area (Å²) in [5, 5.41) is 11.4. The number of carbonyl (C=O) groups is 5. The van der Waals surface area contributed by atoms with Crippen LogP contribution in [0.5, 0.6) is 5.75 Å². The Kier molecular flexibility index (Phi) is 7.33. The Morgan fingerprint density at radius 2 is 1.48 bits per heavy atom. The molecular formula is C41H35N3O6. The van der Waals surface area contributed by atoms with Crippen molar-refractivity contribution in [1.82, 2.24) is 5.01 Å². The number of fused-ring (bicyclic) bond motifs is 4. The maximum atomic E-state index is 15.1. The van der Waals surface area contributed by atoms with Crippen LogP contribution in [-0.4, -0.2) is 39.5 Å². The van der Waals surface area contributed by atoms with Gasteiger partial charge in [-0.25, -0.2) is 0 Å². The number of imide groups is 2. The molecule has 2 aliphatic heterocycles. The van der Waals surface area contributed by atoms with E-state index in [0.717, 1.165) is 21.7 Å². The first kappa shape index (κ1) is 31.4. The minimum Gasteiger partial charge on any atom is -0.508 e. The third-order valence-corrected chi connectivity index (χ3v) is 11.2. The van der Waals surface area contributed by atoms with Gasteiger partial charge in [0.2, 0.25) is 11.8 Å². The standard InChI is InChI=1S/C41H35N3O6/c1-23-8-14-28(15-9-23)42-44-38(48)34-22-33-31(20-21-32-35(33)39(49)43(37(32)47)29-16-10-25(11-17-29)24(2)45)36(26-12-18-30(46)19-13-26)41(34,40(44)50)27-6-4-3-5-7-27/h3-20,32-36,42,46H,21-22H2,1-2H3/t32-,33+,34-,35-,36-,41+/m0/s1. The first-order chi connectivity index (χ1) is 24.1. The average Bonchev–Trinajstić information content (AvgIpc) is 3.51. The Bertz CT molecular complexity index is 2090. The topological polar surface area (TPSA) is 124 Å². The number of phenols is 1. The lowest BCUT2D eigenvalue weighted by Gasteiger charge is -2.50. The van der Waals surface area contributed by atoms with E-state index in [9.17, 15) is 24.3 Å². The third kappa shape index (κ3) is 4.56. The molecule has 2 aliphatic carbocycles. The van der Waals surface area contributed by atoms with E-state index in [4.69, 9.17) is 0 Å². The van der Waals surface area contributed by atoms with Gasteiger partial charge in [-0.2, -0.15) is 5.01 Å². The van der Waals surface area contributed by atoms with Crippen LogP contribution in [0.25, 0.3) is 0 Å². The second-order valence-corrected chi connectivity index (χ2v) is 13.8. The largest absolute Gasteiger partial charge is 0.508 e. The Hall–Kier alpha value is -5.83. The number of nitrogens with one attached hydrogen (secondary N) is 1. The highest BCUT2D eigenvalue weighted by molar-refractivity contribution is 6.22. The highest BCUT2D eigenvalue weighted by Gasteiger charge is 2.70. The van der Waals surface area contributed by atoms with E-state index in [-0.39, 0.29) is 29.8 Å². The number of amides is 4. The predicted octanol–water partition coefficient (Wildman–Crippen LogP) is 6.09. The molecule has 1 saturated carbocycles. The van der Waals surface area contributed by atoms with Gasteiger partial charge in [0.1, 0.15) is 5.75 Å². The van der Waals surface area contributed by atoms with Gasteiger partial charge < -0.3 is 5.11 Å². The molecule has 2 N–H and O–H groups in total. The summed E-state index contributed by atoms with van der Waals surface area (Å²) in [6, 6.07) is 29.9. The second-order valence-electron chi connectivity index (χ2n) is 13.8. The highest BCUT2D eigenvalue weighted by atomic mass is 16.3. The molecule has 9 nitrogen and oxygen atoms in total. The maximum absolute atomic E-state index is 15.1. The molecule has 0 radical (unpaired) electrons. The van der Waals surface area contributed by atoms with Crippen molar-refractivity contribution < 1.29 is 29.1 Å². The summed E-state index contributed by atoms with van der Waals surface area (Å²) in [6.07, 6.45) is 2.48. The molecule has 0 bridgehead atoms. The van der Waals surface area contributed by atoms with E-state index in [1.54, 1.807) is 48.5 Å². The van der Waals surface area contributed by atoms with Crippen LogP contribution >= 0.6 is 0 Å². The number of Topliss-reactive ketones (excluding diaryl/α,β-unsaturated/α-hetero) is 1. The van der Waals surface area contributed by atoms with Gasteiger partial charge in [0.15, 0.2) is 5.78 Å². The van der Waals surface area contributed by atoms with Gasteiger partial charge in [0.05, 0.1) is 34.5 Å². The smallest absolute Gasteiger partial charge is 0.260 e. The van der Waals surface area contributed by atoms with Crippen molar-refractivity contribution in [2.24, 2.45) is 23.7 Å².